The molecule has 1 aliphatic heterocycles. The van der Waals surface area contributed by atoms with Gasteiger partial charge in [-0.15, -0.1) is 24.0 Å². The predicted octanol–water partition coefficient (Wildman–Crippen LogP) is 3.46. The van der Waals surface area contributed by atoms with Gasteiger partial charge in [0.1, 0.15) is 11.9 Å². The molecule has 0 aromatic heterocycles. The maximum atomic E-state index is 6.01. The Morgan fingerprint density at radius 1 is 1.31 bits per heavy atom. The minimum absolute atomic E-state index is 0. The molecule has 1 heterocycles. The number of nitrogens with one attached hydrogen (secondary N) is 2. The van der Waals surface area contributed by atoms with Gasteiger partial charge in [-0.05, 0) is 44.6 Å². The van der Waals surface area contributed by atoms with Crippen molar-refractivity contribution < 1.29 is 9.47 Å². The molecule has 0 bridgehead atoms. The van der Waals surface area contributed by atoms with Crippen LogP contribution in [0.5, 0.6) is 5.75 Å². The third-order valence-electron chi connectivity index (χ3n) is 4.62. The zero-order valence-electron chi connectivity index (χ0n) is 16.2. The topological polar surface area (TPSA) is 54.9 Å². The summed E-state index contributed by atoms with van der Waals surface area (Å²) in [7, 11) is 1.80. The van der Waals surface area contributed by atoms with Crippen LogP contribution >= 0.6 is 35.7 Å². The second kappa shape index (κ2) is 11.9. The Balaban J connectivity index is 0.00000338. The number of nitrogens with zero attached hydrogens (tertiary/aromatic N) is 1. The van der Waals surface area contributed by atoms with Gasteiger partial charge in [-0.2, -0.15) is 11.8 Å². The number of para-hydroxylation sites is 1. The van der Waals surface area contributed by atoms with Crippen LogP contribution in [-0.2, 0) is 4.74 Å². The first kappa shape index (κ1) is 23.4. The van der Waals surface area contributed by atoms with E-state index in [9.17, 15) is 0 Å². The van der Waals surface area contributed by atoms with Gasteiger partial charge in [0.25, 0.3) is 0 Å². The van der Waals surface area contributed by atoms with E-state index in [0.717, 1.165) is 49.9 Å². The largest absolute Gasteiger partial charge is 0.489 e. The zero-order chi connectivity index (χ0) is 18.1. The number of hydrogen-bond donors (Lipinski definition) is 2. The van der Waals surface area contributed by atoms with Gasteiger partial charge < -0.3 is 20.1 Å². The average molecular weight is 493 g/mol. The predicted molar refractivity (Wildman–Crippen MR) is 122 cm³/mol. The molecule has 1 saturated heterocycles. The van der Waals surface area contributed by atoms with E-state index in [1.54, 1.807) is 7.05 Å². The van der Waals surface area contributed by atoms with Crippen LogP contribution in [0.1, 0.15) is 25.3 Å². The lowest BCUT2D eigenvalue weighted by Crippen LogP contribution is -2.49. The summed E-state index contributed by atoms with van der Waals surface area (Å²) in [6.07, 6.45) is 4.38. The summed E-state index contributed by atoms with van der Waals surface area (Å²) < 4.78 is 11.7. The van der Waals surface area contributed by atoms with Gasteiger partial charge in [-0.1, -0.05) is 18.2 Å². The van der Waals surface area contributed by atoms with E-state index < -0.39 is 0 Å². The van der Waals surface area contributed by atoms with Crippen LogP contribution in [0.4, 0.5) is 0 Å². The first-order valence-corrected chi connectivity index (χ1v) is 10.1. The van der Waals surface area contributed by atoms with Crippen molar-refractivity contribution in [3.8, 4) is 5.75 Å². The minimum atomic E-state index is 0. The molecule has 0 saturated carbocycles. The Labute approximate surface area is 179 Å². The molecule has 0 amide bonds. The van der Waals surface area contributed by atoms with Gasteiger partial charge in [0.05, 0.1) is 6.54 Å². The summed E-state index contributed by atoms with van der Waals surface area (Å²) in [5.41, 5.74) is 1.15. The number of guanidine groups is 1. The highest BCUT2D eigenvalue weighted by Crippen LogP contribution is 2.32. The van der Waals surface area contributed by atoms with Gasteiger partial charge in [0.2, 0.25) is 0 Å². The summed E-state index contributed by atoms with van der Waals surface area (Å²) in [6.45, 7) is 7.40. The molecule has 1 aliphatic rings. The van der Waals surface area contributed by atoms with E-state index in [2.05, 4.69) is 41.8 Å². The Hall–Kier alpha value is -0.670. The Kier molecular flexibility index (Phi) is 10.7. The van der Waals surface area contributed by atoms with Crippen LogP contribution in [-0.4, -0.2) is 56.4 Å². The average Bonchev–Trinajstić information content (AvgIpc) is 2.64. The van der Waals surface area contributed by atoms with Gasteiger partial charge >= 0.3 is 0 Å². The SMILES string of the molecule is CN=C(NCC(C)Oc1ccccc1C)NCC1(SC)CCOCC1.I. The van der Waals surface area contributed by atoms with Crippen molar-refractivity contribution in [3.05, 3.63) is 29.8 Å². The number of ether oxygens (including phenoxy) is 2. The normalized spacial score (nSPS) is 17.8. The molecule has 1 atom stereocenters. The highest BCUT2D eigenvalue weighted by molar-refractivity contribution is 14.0. The lowest BCUT2D eigenvalue weighted by Gasteiger charge is -2.36. The fraction of sp³-hybridized carbons (Fsp3) is 0.632. The second-order valence-electron chi connectivity index (χ2n) is 6.50. The van der Waals surface area contributed by atoms with E-state index >= 15 is 0 Å². The molecular formula is C19H32IN3O2S. The first-order valence-electron chi connectivity index (χ1n) is 8.88. The number of aliphatic imine (C=N–C) groups is 1. The van der Waals surface area contributed by atoms with Gasteiger partial charge in [0, 0.05) is 31.6 Å². The fourth-order valence-electron chi connectivity index (χ4n) is 2.85. The van der Waals surface area contributed by atoms with Gasteiger partial charge in [0.15, 0.2) is 5.96 Å². The van der Waals surface area contributed by atoms with Crippen LogP contribution in [0.15, 0.2) is 29.3 Å². The van der Waals surface area contributed by atoms with Crippen molar-refractivity contribution in [1.82, 2.24) is 10.6 Å². The number of hydrogen-bond acceptors (Lipinski definition) is 4. The third kappa shape index (κ3) is 7.15. The standard InChI is InChI=1S/C19H31N3O2S.HI/c1-15-7-5-6-8-17(15)24-16(2)13-21-18(20-3)22-14-19(25-4)9-11-23-12-10-19;/h5-8,16H,9-14H2,1-4H3,(H2,20,21,22);1H. The van der Waals surface area contributed by atoms with Gasteiger partial charge in [-0.25, -0.2) is 0 Å². The molecule has 26 heavy (non-hydrogen) atoms. The van der Waals surface area contributed by atoms with Gasteiger partial charge in [-0.3, -0.25) is 4.99 Å². The van der Waals surface area contributed by atoms with E-state index in [-0.39, 0.29) is 34.8 Å². The summed E-state index contributed by atoms with van der Waals surface area (Å²) in [4.78, 5) is 4.33. The zero-order valence-corrected chi connectivity index (χ0v) is 19.4. The molecule has 1 aromatic carbocycles. The molecule has 0 spiro atoms. The van der Waals surface area contributed by atoms with Crippen molar-refractivity contribution in [3.63, 3.8) is 0 Å². The molecule has 7 heteroatoms. The van der Waals surface area contributed by atoms with Crippen LogP contribution in [0.3, 0.4) is 0 Å². The molecule has 2 N–H and O–H groups in total. The van der Waals surface area contributed by atoms with E-state index in [4.69, 9.17) is 9.47 Å². The van der Waals surface area contributed by atoms with Crippen molar-refractivity contribution >= 4 is 41.7 Å². The Bertz CT molecular complexity index is 565. The van der Waals surface area contributed by atoms with Crippen LogP contribution in [0.25, 0.3) is 0 Å². The third-order valence-corrected chi connectivity index (χ3v) is 6.04. The summed E-state index contributed by atoms with van der Waals surface area (Å²) >= 11 is 1.92. The van der Waals surface area contributed by atoms with Crippen LogP contribution < -0.4 is 15.4 Å². The van der Waals surface area contributed by atoms with Crippen LogP contribution in [0.2, 0.25) is 0 Å². The number of rotatable bonds is 7. The lowest BCUT2D eigenvalue weighted by atomic mass is 9.99. The quantitative estimate of drug-likeness (QED) is 0.346. The second-order valence-corrected chi connectivity index (χ2v) is 7.77. The highest BCUT2D eigenvalue weighted by Gasteiger charge is 2.31. The maximum Gasteiger partial charge on any atom is 0.191 e. The van der Waals surface area contributed by atoms with Crippen molar-refractivity contribution in [2.24, 2.45) is 4.99 Å². The fourth-order valence-corrected chi connectivity index (χ4v) is 3.64. The Morgan fingerprint density at radius 3 is 2.62 bits per heavy atom. The molecule has 2 rings (SSSR count). The smallest absolute Gasteiger partial charge is 0.191 e. The van der Waals surface area contributed by atoms with E-state index in [1.165, 1.54) is 0 Å². The van der Waals surface area contributed by atoms with E-state index in [0.29, 0.717) is 6.54 Å². The van der Waals surface area contributed by atoms with Crippen molar-refractivity contribution in [1.29, 1.82) is 0 Å². The minimum Gasteiger partial charge on any atom is -0.489 e. The number of benzene rings is 1. The lowest BCUT2D eigenvalue weighted by molar-refractivity contribution is 0.0782. The Morgan fingerprint density at radius 2 is 2.00 bits per heavy atom. The van der Waals surface area contributed by atoms with Crippen molar-refractivity contribution in [2.45, 2.75) is 37.5 Å². The van der Waals surface area contributed by atoms with Crippen LogP contribution in [0, 0.1) is 6.92 Å². The molecule has 5 nitrogen and oxygen atoms in total. The van der Waals surface area contributed by atoms with E-state index in [1.807, 2.05) is 30.0 Å². The molecule has 148 valence electrons. The first-order chi connectivity index (χ1) is 12.1. The number of aryl methyl sites for hydroxylation is 1. The van der Waals surface area contributed by atoms with Crippen molar-refractivity contribution in [2.75, 3.05) is 39.6 Å². The highest BCUT2D eigenvalue weighted by atomic mass is 127. The molecule has 1 fully saturated rings. The molecule has 1 aromatic rings. The molecular weight excluding hydrogens is 461 g/mol. The molecule has 1 unspecified atom stereocenters. The number of halogens is 1. The summed E-state index contributed by atoms with van der Waals surface area (Å²) in [5.74, 6) is 1.75. The summed E-state index contributed by atoms with van der Waals surface area (Å²) in [6, 6.07) is 8.09. The molecule has 0 aliphatic carbocycles. The summed E-state index contributed by atoms with van der Waals surface area (Å²) in [5, 5.41) is 6.83. The maximum absolute atomic E-state index is 6.01. The number of thioether (sulfide) groups is 1. The monoisotopic (exact) mass is 493 g/mol. The molecule has 0 radical (unpaired) electrons.